The van der Waals surface area contributed by atoms with Gasteiger partial charge in [0, 0.05) is 12.8 Å². The molecular weight excluding hydrogens is 814 g/mol. The number of nitrogens with zero attached hydrogens (tertiary/aromatic N) is 1. The fourth-order valence-corrected chi connectivity index (χ4v) is 7.38. The van der Waals surface area contributed by atoms with Gasteiger partial charge in [-0.25, -0.2) is 4.57 Å². The highest BCUT2D eigenvalue weighted by molar-refractivity contribution is 7.47. The zero-order valence-corrected chi connectivity index (χ0v) is 41.8. The van der Waals surface area contributed by atoms with Crippen LogP contribution in [-0.4, -0.2) is 86.1 Å². The number of likely N-dealkylation sites (N-methyl/N-ethyl adjacent to an activating group) is 1. The molecule has 0 saturated heterocycles. The minimum absolute atomic E-state index is 0.0138. The van der Waals surface area contributed by atoms with Crippen molar-refractivity contribution in [2.45, 2.75) is 212 Å². The first kappa shape index (κ1) is 60.7. The van der Waals surface area contributed by atoms with E-state index >= 15 is 0 Å². The minimum Gasteiger partial charge on any atom is -0.462 e. The first-order valence-corrected chi connectivity index (χ1v) is 26.6. The molecule has 3 atom stereocenters. The summed E-state index contributed by atoms with van der Waals surface area (Å²) in [6, 6.07) is 0. The van der Waals surface area contributed by atoms with E-state index in [9.17, 15) is 24.2 Å². The molecule has 11 heteroatoms. The number of phosphoric ester groups is 1. The van der Waals surface area contributed by atoms with Gasteiger partial charge in [-0.05, 0) is 64.2 Å². The standard InChI is InChI=1S/C52H94NO9P/c1-6-8-10-11-12-13-14-15-16-17-18-19-20-21-22-23-26-30-33-36-40-44-52(56)62-50(48-61-63(57,58)60-46-45-53(3,4)5)47-59-51(55)43-39-35-32-29-27-24-25-28-31-34-38-42-49(54)41-37-9-7-2/h15-16,24-25,29,31-32,34,38,42,49-50,54H,6-14,17-23,26-28,30,33,35-37,39-41,43-48H2,1-5H3/p+1/b16-15-,25-24-,32-29-,34-31-,42-38+/t49-,50-/m1/s1. The lowest BCUT2D eigenvalue weighted by molar-refractivity contribution is -0.870. The van der Waals surface area contributed by atoms with Gasteiger partial charge in [0.2, 0.25) is 0 Å². The summed E-state index contributed by atoms with van der Waals surface area (Å²) in [7, 11) is 1.42. The van der Waals surface area contributed by atoms with Gasteiger partial charge in [-0.1, -0.05) is 184 Å². The Morgan fingerprint density at radius 1 is 0.571 bits per heavy atom. The Balaban J connectivity index is 4.38. The van der Waals surface area contributed by atoms with Crippen molar-refractivity contribution in [1.82, 2.24) is 0 Å². The van der Waals surface area contributed by atoms with Crippen molar-refractivity contribution < 1.29 is 47.2 Å². The maximum Gasteiger partial charge on any atom is 0.472 e. The van der Waals surface area contributed by atoms with Gasteiger partial charge in [-0.2, -0.15) is 0 Å². The topological polar surface area (TPSA) is 129 Å². The monoisotopic (exact) mass is 909 g/mol. The molecule has 0 aromatic carbocycles. The summed E-state index contributed by atoms with van der Waals surface area (Å²) in [4.78, 5) is 35.5. The Labute approximate surface area is 386 Å². The van der Waals surface area contributed by atoms with E-state index in [-0.39, 0.29) is 32.2 Å². The van der Waals surface area contributed by atoms with Gasteiger partial charge in [0.05, 0.1) is 33.9 Å². The second kappa shape index (κ2) is 43.6. The van der Waals surface area contributed by atoms with E-state index in [1.54, 1.807) is 0 Å². The Morgan fingerprint density at radius 3 is 1.67 bits per heavy atom. The molecule has 366 valence electrons. The number of aliphatic hydroxyl groups is 1. The summed E-state index contributed by atoms with van der Waals surface area (Å²) in [6.45, 7) is 4.23. The third-order valence-corrected chi connectivity index (χ3v) is 11.6. The predicted octanol–water partition coefficient (Wildman–Crippen LogP) is 13.8. The van der Waals surface area contributed by atoms with Crippen LogP contribution in [0.25, 0.3) is 0 Å². The normalized spacial score (nSPS) is 14.5. The maximum atomic E-state index is 12.7. The Kier molecular flexibility index (Phi) is 41.9. The van der Waals surface area contributed by atoms with Gasteiger partial charge in [0.25, 0.3) is 0 Å². The summed E-state index contributed by atoms with van der Waals surface area (Å²) < 4.78 is 34.3. The quantitative estimate of drug-likeness (QED) is 0.0153. The number of allylic oxidation sites excluding steroid dienone is 9. The first-order valence-electron chi connectivity index (χ1n) is 25.1. The highest BCUT2D eigenvalue weighted by Crippen LogP contribution is 2.43. The van der Waals surface area contributed by atoms with Crippen LogP contribution in [0.1, 0.15) is 200 Å². The molecule has 2 N–H and O–H groups in total. The number of hydrogen-bond acceptors (Lipinski definition) is 8. The maximum absolute atomic E-state index is 12.7. The van der Waals surface area contributed by atoms with Gasteiger partial charge in [0.1, 0.15) is 19.8 Å². The second-order valence-electron chi connectivity index (χ2n) is 18.0. The fourth-order valence-electron chi connectivity index (χ4n) is 6.64. The SMILES string of the molecule is CCCCCCCC/C=C\CCCCCCCCCCCCCC(=O)O[C@H](COC(=O)CCC/C=C\C/C=C\C/C=C\C=C\[C@H](O)CCCCC)COP(=O)(O)OCC[N+](C)(C)C. The zero-order chi connectivity index (χ0) is 46.5. The van der Waals surface area contributed by atoms with E-state index in [2.05, 4.69) is 44.2 Å². The number of hydrogen-bond donors (Lipinski definition) is 2. The van der Waals surface area contributed by atoms with Gasteiger partial charge in [0.15, 0.2) is 6.10 Å². The molecule has 0 bridgehead atoms. The molecule has 0 aliphatic heterocycles. The lowest BCUT2D eigenvalue weighted by Crippen LogP contribution is -2.37. The molecule has 0 heterocycles. The number of ether oxygens (including phenoxy) is 2. The van der Waals surface area contributed by atoms with E-state index in [4.69, 9.17) is 18.5 Å². The Morgan fingerprint density at radius 2 is 1.06 bits per heavy atom. The lowest BCUT2D eigenvalue weighted by atomic mass is 10.0. The van der Waals surface area contributed by atoms with E-state index < -0.39 is 32.5 Å². The molecular formula is C52H95NO9P+. The van der Waals surface area contributed by atoms with Crippen molar-refractivity contribution in [3.05, 3.63) is 60.8 Å². The van der Waals surface area contributed by atoms with Crippen LogP contribution < -0.4 is 0 Å². The first-order chi connectivity index (χ1) is 30.4. The van der Waals surface area contributed by atoms with E-state index in [0.29, 0.717) is 30.3 Å². The van der Waals surface area contributed by atoms with Crippen LogP contribution in [0.2, 0.25) is 0 Å². The summed E-state index contributed by atoms with van der Waals surface area (Å²) >= 11 is 0. The molecule has 0 fully saturated rings. The van der Waals surface area contributed by atoms with Crippen LogP contribution in [0, 0.1) is 0 Å². The summed E-state index contributed by atoms with van der Waals surface area (Å²) in [5.41, 5.74) is 0. The fraction of sp³-hybridized carbons (Fsp3) is 0.769. The number of phosphoric acid groups is 1. The molecule has 0 rings (SSSR count). The zero-order valence-electron chi connectivity index (χ0n) is 40.9. The van der Waals surface area contributed by atoms with Gasteiger partial charge in [-0.15, -0.1) is 0 Å². The van der Waals surface area contributed by atoms with Crippen LogP contribution in [-0.2, 0) is 32.7 Å². The molecule has 0 spiro atoms. The minimum atomic E-state index is -4.40. The molecule has 0 aliphatic carbocycles. The molecule has 0 aliphatic rings. The van der Waals surface area contributed by atoms with E-state index in [1.165, 1.54) is 96.3 Å². The molecule has 0 amide bonds. The van der Waals surface area contributed by atoms with Crippen molar-refractivity contribution in [3.63, 3.8) is 0 Å². The van der Waals surface area contributed by atoms with Crippen molar-refractivity contribution in [2.24, 2.45) is 0 Å². The third-order valence-electron chi connectivity index (χ3n) is 10.6. The van der Waals surface area contributed by atoms with Gasteiger partial charge >= 0.3 is 19.8 Å². The highest BCUT2D eigenvalue weighted by atomic mass is 31.2. The Hall–Kier alpha value is -2.33. The summed E-state index contributed by atoms with van der Waals surface area (Å²) in [5.74, 6) is -0.890. The average molecular weight is 909 g/mol. The number of rotatable bonds is 45. The van der Waals surface area contributed by atoms with Crippen molar-refractivity contribution in [3.8, 4) is 0 Å². The number of esters is 2. The van der Waals surface area contributed by atoms with Crippen molar-refractivity contribution in [2.75, 3.05) is 47.5 Å². The lowest BCUT2D eigenvalue weighted by Gasteiger charge is -2.24. The molecule has 63 heavy (non-hydrogen) atoms. The number of unbranched alkanes of at least 4 members (excludes halogenated alkanes) is 20. The molecule has 0 radical (unpaired) electrons. The summed E-state index contributed by atoms with van der Waals surface area (Å²) in [5, 5.41) is 9.92. The average Bonchev–Trinajstić information content (AvgIpc) is 3.23. The number of quaternary nitrogens is 1. The van der Waals surface area contributed by atoms with Crippen molar-refractivity contribution in [1.29, 1.82) is 0 Å². The van der Waals surface area contributed by atoms with Crippen LogP contribution in [0.5, 0.6) is 0 Å². The van der Waals surface area contributed by atoms with Crippen LogP contribution in [0.4, 0.5) is 0 Å². The highest BCUT2D eigenvalue weighted by Gasteiger charge is 2.27. The molecule has 10 nitrogen and oxygen atoms in total. The summed E-state index contributed by atoms with van der Waals surface area (Å²) in [6.07, 6.45) is 50.3. The van der Waals surface area contributed by atoms with Crippen LogP contribution in [0.15, 0.2) is 60.8 Å². The molecule has 0 aromatic heterocycles. The van der Waals surface area contributed by atoms with E-state index in [0.717, 1.165) is 57.8 Å². The number of aliphatic hydroxyl groups excluding tert-OH is 1. The van der Waals surface area contributed by atoms with E-state index in [1.807, 2.05) is 51.5 Å². The number of carbonyl (C=O) groups is 2. The number of carbonyl (C=O) groups excluding carboxylic acids is 2. The van der Waals surface area contributed by atoms with Gasteiger partial charge in [-0.3, -0.25) is 18.6 Å². The molecule has 0 saturated carbocycles. The second-order valence-corrected chi connectivity index (χ2v) is 19.5. The predicted molar refractivity (Wildman–Crippen MR) is 262 cm³/mol. The smallest absolute Gasteiger partial charge is 0.462 e. The van der Waals surface area contributed by atoms with Gasteiger partial charge < -0.3 is 24.0 Å². The van der Waals surface area contributed by atoms with Crippen LogP contribution >= 0.6 is 7.82 Å². The molecule has 1 unspecified atom stereocenters. The van der Waals surface area contributed by atoms with Crippen molar-refractivity contribution >= 4 is 19.8 Å². The largest absolute Gasteiger partial charge is 0.472 e. The molecule has 0 aromatic rings. The van der Waals surface area contributed by atoms with Crippen LogP contribution in [0.3, 0.4) is 0 Å². The third kappa shape index (κ3) is 47.5. The Bertz CT molecular complexity index is 1270.